The lowest BCUT2D eigenvalue weighted by Crippen LogP contribution is -2.17. The summed E-state index contributed by atoms with van der Waals surface area (Å²) in [5.41, 5.74) is 0.679. The van der Waals surface area contributed by atoms with Crippen molar-refractivity contribution >= 4 is 17.6 Å². The van der Waals surface area contributed by atoms with E-state index in [4.69, 9.17) is 16.7 Å². The lowest BCUT2D eigenvalue weighted by Gasteiger charge is -2.27. The van der Waals surface area contributed by atoms with Crippen LogP contribution in [0, 0.1) is 6.92 Å². The Morgan fingerprint density at radius 2 is 2.13 bits per heavy atom. The molecule has 1 aliphatic carbocycles. The fraction of sp³-hybridized carbons (Fsp3) is 0.500. The molecule has 1 N–H and O–H groups in total. The van der Waals surface area contributed by atoms with Gasteiger partial charge in [0, 0.05) is 5.56 Å². The normalized spacial score (nSPS) is 16.1. The molecule has 1 saturated carbocycles. The maximum absolute atomic E-state index is 11.0. The molecule has 4 nitrogen and oxygen atoms in total. The Kier molecular flexibility index (Phi) is 2.61. The highest BCUT2D eigenvalue weighted by atomic mass is 35.5. The lowest BCUT2D eigenvalue weighted by atomic mass is 9.80. The van der Waals surface area contributed by atoms with E-state index in [1.165, 1.54) is 0 Å². The predicted molar refractivity (Wildman–Crippen MR) is 55.3 cm³/mol. The van der Waals surface area contributed by atoms with Gasteiger partial charge in [0.1, 0.15) is 11.0 Å². The molecule has 1 aromatic rings. The molecule has 0 aliphatic heterocycles. The number of aromatic carboxylic acids is 1. The highest BCUT2D eigenvalue weighted by Gasteiger charge is 2.29. The number of halogens is 1. The van der Waals surface area contributed by atoms with Crippen molar-refractivity contribution in [2.45, 2.75) is 32.1 Å². The summed E-state index contributed by atoms with van der Waals surface area (Å²) >= 11 is 5.97. The van der Waals surface area contributed by atoms with Gasteiger partial charge in [-0.1, -0.05) is 18.0 Å². The van der Waals surface area contributed by atoms with Crippen molar-refractivity contribution in [1.82, 2.24) is 9.97 Å². The molecule has 5 heteroatoms. The Bertz CT molecular complexity index is 416. The van der Waals surface area contributed by atoms with Crippen LogP contribution in [0.5, 0.6) is 0 Å². The summed E-state index contributed by atoms with van der Waals surface area (Å²) in [5.74, 6) is -0.394. The number of carboxylic acid groups (broad SMARTS) is 1. The SMILES string of the molecule is Cc1nc(Cl)c(C2CCC2)c(C(=O)O)n1. The minimum atomic E-state index is -1.02. The molecule has 0 saturated heterocycles. The molecule has 0 aromatic carbocycles. The van der Waals surface area contributed by atoms with Gasteiger partial charge >= 0.3 is 5.97 Å². The van der Waals surface area contributed by atoms with E-state index in [1.54, 1.807) is 6.92 Å². The minimum absolute atomic E-state index is 0.0669. The minimum Gasteiger partial charge on any atom is -0.476 e. The monoisotopic (exact) mass is 226 g/mol. The van der Waals surface area contributed by atoms with E-state index >= 15 is 0 Å². The van der Waals surface area contributed by atoms with Crippen molar-refractivity contribution in [1.29, 1.82) is 0 Å². The largest absolute Gasteiger partial charge is 0.476 e. The van der Waals surface area contributed by atoms with Gasteiger partial charge in [-0.25, -0.2) is 14.8 Å². The standard InChI is InChI=1S/C10H11ClN2O2/c1-5-12-8(10(14)15)7(9(11)13-5)6-3-2-4-6/h6H,2-4H2,1H3,(H,14,15). The van der Waals surface area contributed by atoms with Gasteiger partial charge < -0.3 is 5.11 Å². The van der Waals surface area contributed by atoms with E-state index in [0.29, 0.717) is 16.5 Å². The van der Waals surface area contributed by atoms with E-state index in [1.807, 2.05) is 0 Å². The van der Waals surface area contributed by atoms with E-state index in [-0.39, 0.29) is 11.6 Å². The Hall–Kier alpha value is -1.16. The molecule has 0 unspecified atom stereocenters. The molecule has 1 aliphatic rings. The van der Waals surface area contributed by atoms with E-state index in [9.17, 15) is 4.79 Å². The van der Waals surface area contributed by atoms with Crippen molar-refractivity contribution in [3.05, 3.63) is 22.2 Å². The van der Waals surface area contributed by atoms with Crippen LogP contribution >= 0.6 is 11.6 Å². The van der Waals surface area contributed by atoms with Crippen LogP contribution in [0.15, 0.2) is 0 Å². The maximum atomic E-state index is 11.0. The van der Waals surface area contributed by atoms with Crippen LogP contribution in [0.1, 0.15) is 47.1 Å². The Labute approximate surface area is 92.3 Å². The molecule has 0 bridgehead atoms. The highest BCUT2D eigenvalue weighted by molar-refractivity contribution is 6.30. The van der Waals surface area contributed by atoms with Gasteiger partial charge in [-0.15, -0.1) is 0 Å². The van der Waals surface area contributed by atoms with Gasteiger partial charge in [-0.3, -0.25) is 0 Å². The third kappa shape index (κ3) is 1.81. The van der Waals surface area contributed by atoms with Gasteiger partial charge in [-0.05, 0) is 25.7 Å². The van der Waals surface area contributed by atoms with Gasteiger partial charge in [0.15, 0.2) is 5.69 Å². The number of aryl methyl sites for hydroxylation is 1. The average Bonchev–Trinajstić information content (AvgIpc) is 2.05. The summed E-state index contributed by atoms with van der Waals surface area (Å²) in [5, 5.41) is 9.33. The fourth-order valence-electron chi connectivity index (χ4n) is 1.77. The average molecular weight is 227 g/mol. The summed E-state index contributed by atoms with van der Waals surface area (Å²) < 4.78 is 0. The van der Waals surface area contributed by atoms with Crippen LogP contribution in [0.2, 0.25) is 5.15 Å². The zero-order chi connectivity index (χ0) is 11.0. The molecule has 0 atom stereocenters. The van der Waals surface area contributed by atoms with Crippen LogP contribution in [-0.4, -0.2) is 21.0 Å². The third-order valence-electron chi connectivity index (χ3n) is 2.73. The van der Waals surface area contributed by atoms with Crippen molar-refractivity contribution in [3.63, 3.8) is 0 Å². The summed E-state index contributed by atoms with van der Waals surface area (Å²) in [6, 6.07) is 0. The number of hydrogen-bond donors (Lipinski definition) is 1. The second-order valence-corrected chi connectivity index (χ2v) is 4.11. The topological polar surface area (TPSA) is 63.1 Å². The molecule has 0 spiro atoms. The van der Waals surface area contributed by atoms with Gasteiger partial charge in [0.25, 0.3) is 0 Å². The maximum Gasteiger partial charge on any atom is 0.354 e. The highest BCUT2D eigenvalue weighted by Crippen LogP contribution is 2.40. The Morgan fingerprint density at radius 1 is 1.47 bits per heavy atom. The second kappa shape index (κ2) is 3.77. The molecule has 1 aromatic heterocycles. The zero-order valence-electron chi connectivity index (χ0n) is 8.33. The number of carbonyl (C=O) groups is 1. The summed E-state index contributed by atoms with van der Waals surface area (Å²) in [6.07, 6.45) is 3.08. The van der Waals surface area contributed by atoms with Gasteiger partial charge in [-0.2, -0.15) is 0 Å². The number of aromatic nitrogens is 2. The molecule has 1 heterocycles. The summed E-state index contributed by atoms with van der Waals surface area (Å²) in [6.45, 7) is 1.64. The van der Waals surface area contributed by atoms with E-state index in [2.05, 4.69) is 9.97 Å². The fourth-order valence-corrected chi connectivity index (χ4v) is 2.13. The van der Waals surface area contributed by atoms with Crippen LogP contribution in [0.4, 0.5) is 0 Å². The smallest absolute Gasteiger partial charge is 0.354 e. The second-order valence-electron chi connectivity index (χ2n) is 3.76. The first-order chi connectivity index (χ1) is 7.09. The van der Waals surface area contributed by atoms with Crippen molar-refractivity contribution < 1.29 is 9.90 Å². The van der Waals surface area contributed by atoms with E-state index in [0.717, 1.165) is 19.3 Å². The molecule has 0 amide bonds. The quantitative estimate of drug-likeness (QED) is 0.787. The molecule has 2 rings (SSSR count). The van der Waals surface area contributed by atoms with Crippen LogP contribution in [0.3, 0.4) is 0 Å². The first-order valence-electron chi connectivity index (χ1n) is 4.87. The van der Waals surface area contributed by atoms with Gasteiger partial charge in [0.2, 0.25) is 0 Å². The first-order valence-corrected chi connectivity index (χ1v) is 5.24. The van der Waals surface area contributed by atoms with Crippen LogP contribution in [-0.2, 0) is 0 Å². The Morgan fingerprint density at radius 3 is 2.60 bits per heavy atom. The molecular weight excluding hydrogens is 216 g/mol. The molecule has 1 fully saturated rings. The number of carboxylic acids is 1. The Balaban J connectivity index is 2.53. The summed E-state index contributed by atoms with van der Waals surface area (Å²) in [4.78, 5) is 19.0. The number of hydrogen-bond acceptors (Lipinski definition) is 3. The van der Waals surface area contributed by atoms with Crippen LogP contribution < -0.4 is 0 Å². The molecular formula is C10H11ClN2O2. The number of nitrogens with zero attached hydrogens (tertiary/aromatic N) is 2. The third-order valence-corrected chi connectivity index (χ3v) is 3.02. The lowest BCUT2D eigenvalue weighted by molar-refractivity contribution is 0.0687. The molecule has 15 heavy (non-hydrogen) atoms. The zero-order valence-corrected chi connectivity index (χ0v) is 9.08. The van der Waals surface area contributed by atoms with Crippen molar-refractivity contribution in [2.75, 3.05) is 0 Å². The van der Waals surface area contributed by atoms with E-state index < -0.39 is 5.97 Å². The summed E-state index contributed by atoms with van der Waals surface area (Å²) in [7, 11) is 0. The van der Waals surface area contributed by atoms with Crippen molar-refractivity contribution in [2.24, 2.45) is 0 Å². The predicted octanol–water partition coefficient (Wildman–Crippen LogP) is 2.40. The van der Waals surface area contributed by atoms with Crippen molar-refractivity contribution in [3.8, 4) is 0 Å². The molecule has 0 radical (unpaired) electrons. The molecule has 80 valence electrons. The van der Waals surface area contributed by atoms with Gasteiger partial charge in [0.05, 0.1) is 0 Å². The first kappa shape index (κ1) is 10.4. The number of rotatable bonds is 2. The van der Waals surface area contributed by atoms with Crippen LogP contribution in [0.25, 0.3) is 0 Å².